The van der Waals surface area contributed by atoms with Crippen molar-refractivity contribution in [3.8, 4) is 0 Å². The van der Waals surface area contributed by atoms with E-state index in [1.54, 1.807) is 11.8 Å². The number of hydrogen-bond acceptors (Lipinski definition) is 4. The fourth-order valence-electron chi connectivity index (χ4n) is 2.11. The summed E-state index contributed by atoms with van der Waals surface area (Å²) in [4.78, 5) is 22.7. The molecule has 0 saturated heterocycles. The van der Waals surface area contributed by atoms with E-state index >= 15 is 0 Å². The van der Waals surface area contributed by atoms with E-state index in [1.165, 1.54) is 12.1 Å². The molecule has 108 valence electrons. The Bertz CT molecular complexity index is 545. The number of carboxylic acids is 1. The molecule has 7 heteroatoms. The van der Waals surface area contributed by atoms with Gasteiger partial charge in [-0.05, 0) is 25.8 Å². The van der Waals surface area contributed by atoms with Gasteiger partial charge in [0.25, 0.3) is 5.69 Å². The normalized spacial score (nSPS) is 16.1. The Balaban J connectivity index is 2.18. The summed E-state index contributed by atoms with van der Waals surface area (Å²) in [6.07, 6.45) is 1.79. The van der Waals surface area contributed by atoms with Gasteiger partial charge in [-0.25, -0.2) is 4.39 Å². The average Bonchev–Trinajstić information content (AvgIpc) is 3.20. The van der Waals surface area contributed by atoms with E-state index in [2.05, 4.69) is 0 Å². The summed E-state index contributed by atoms with van der Waals surface area (Å²) in [6.45, 7) is 1.70. The fourth-order valence-corrected chi connectivity index (χ4v) is 2.11. The molecule has 0 heterocycles. The molecule has 1 aliphatic carbocycles. The van der Waals surface area contributed by atoms with Gasteiger partial charge in [0, 0.05) is 24.2 Å². The number of non-ortho nitro benzene ring substituents is 1. The van der Waals surface area contributed by atoms with E-state index < -0.39 is 22.8 Å². The molecule has 0 radical (unpaired) electrons. The van der Waals surface area contributed by atoms with Crippen molar-refractivity contribution in [3.05, 3.63) is 39.7 Å². The number of halogens is 1. The van der Waals surface area contributed by atoms with E-state index in [1.807, 2.05) is 0 Å². The number of benzene rings is 1. The maximum Gasteiger partial charge on any atom is 0.320 e. The monoisotopic (exact) mass is 282 g/mol. The summed E-state index contributed by atoms with van der Waals surface area (Å²) >= 11 is 0. The lowest BCUT2D eigenvalue weighted by Gasteiger charge is -2.26. The fraction of sp³-hybridized carbons (Fsp3) is 0.462. The second-order valence-electron chi connectivity index (χ2n) is 4.95. The van der Waals surface area contributed by atoms with Crippen LogP contribution in [-0.2, 0) is 11.3 Å². The third-order valence-corrected chi connectivity index (χ3v) is 3.47. The maximum atomic E-state index is 13.8. The third-order valence-electron chi connectivity index (χ3n) is 3.47. The summed E-state index contributed by atoms with van der Waals surface area (Å²) < 4.78 is 13.8. The third kappa shape index (κ3) is 3.11. The molecule has 1 N–H and O–H groups in total. The smallest absolute Gasteiger partial charge is 0.320 e. The van der Waals surface area contributed by atoms with Crippen molar-refractivity contribution in [2.24, 2.45) is 0 Å². The average molecular weight is 282 g/mol. The highest BCUT2D eigenvalue weighted by Crippen LogP contribution is 2.31. The first-order chi connectivity index (χ1) is 9.40. The van der Waals surface area contributed by atoms with E-state index in [0.717, 1.165) is 18.9 Å². The Kier molecular flexibility index (Phi) is 3.99. The van der Waals surface area contributed by atoms with Crippen molar-refractivity contribution in [1.82, 2.24) is 4.90 Å². The van der Waals surface area contributed by atoms with Crippen LogP contribution >= 0.6 is 0 Å². The highest BCUT2D eigenvalue weighted by atomic mass is 19.1. The van der Waals surface area contributed by atoms with Crippen molar-refractivity contribution < 1.29 is 19.2 Å². The van der Waals surface area contributed by atoms with Gasteiger partial charge in [0.2, 0.25) is 0 Å². The summed E-state index contributed by atoms with van der Waals surface area (Å²) in [5.74, 6) is -1.64. The minimum Gasteiger partial charge on any atom is -0.480 e. The highest BCUT2D eigenvalue weighted by Gasteiger charge is 2.35. The first kappa shape index (κ1) is 14.4. The summed E-state index contributed by atoms with van der Waals surface area (Å²) in [5, 5.41) is 19.6. The van der Waals surface area contributed by atoms with E-state index in [4.69, 9.17) is 5.11 Å². The molecule has 0 aromatic heterocycles. The number of rotatable bonds is 6. The van der Waals surface area contributed by atoms with E-state index in [-0.39, 0.29) is 23.8 Å². The van der Waals surface area contributed by atoms with Gasteiger partial charge < -0.3 is 5.11 Å². The SMILES string of the molecule is CC(C(=O)O)N(Cc1ccc([N+](=O)[O-])cc1F)C1CC1. The number of carbonyl (C=O) groups is 1. The molecular weight excluding hydrogens is 267 g/mol. The second kappa shape index (κ2) is 5.54. The van der Waals surface area contributed by atoms with Crippen LogP contribution < -0.4 is 0 Å². The van der Waals surface area contributed by atoms with Crippen molar-refractivity contribution in [3.63, 3.8) is 0 Å². The quantitative estimate of drug-likeness (QED) is 0.638. The molecule has 0 aliphatic heterocycles. The molecule has 1 aromatic rings. The Hall–Kier alpha value is -2.02. The zero-order valence-corrected chi connectivity index (χ0v) is 11.0. The van der Waals surface area contributed by atoms with Gasteiger partial charge >= 0.3 is 5.97 Å². The van der Waals surface area contributed by atoms with Gasteiger partial charge in [-0.3, -0.25) is 19.8 Å². The summed E-state index contributed by atoms with van der Waals surface area (Å²) in [5.41, 5.74) is -0.0360. The van der Waals surface area contributed by atoms with Crippen molar-refractivity contribution in [2.75, 3.05) is 0 Å². The van der Waals surface area contributed by atoms with Gasteiger partial charge in [-0.15, -0.1) is 0 Å². The molecule has 1 fully saturated rings. The lowest BCUT2D eigenvalue weighted by Crippen LogP contribution is -2.40. The molecule has 0 bridgehead atoms. The van der Waals surface area contributed by atoms with Crippen LogP contribution in [0.5, 0.6) is 0 Å². The van der Waals surface area contributed by atoms with Gasteiger partial charge in [0.1, 0.15) is 11.9 Å². The van der Waals surface area contributed by atoms with Crippen molar-refractivity contribution in [1.29, 1.82) is 0 Å². The number of aliphatic carboxylic acids is 1. The number of carboxylic acid groups (broad SMARTS) is 1. The highest BCUT2D eigenvalue weighted by molar-refractivity contribution is 5.73. The second-order valence-corrected chi connectivity index (χ2v) is 4.95. The minimum absolute atomic E-state index is 0.141. The van der Waals surface area contributed by atoms with Crippen LogP contribution in [0.1, 0.15) is 25.3 Å². The molecule has 1 saturated carbocycles. The first-order valence-electron chi connectivity index (χ1n) is 6.31. The Morgan fingerprint density at radius 3 is 2.70 bits per heavy atom. The molecule has 0 spiro atoms. The molecule has 2 rings (SSSR count). The summed E-state index contributed by atoms with van der Waals surface area (Å²) in [6, 6.07) is 2.88. The molecule has 0 amide bonds. The van der Waals surface area contributed by atoms with Crippen LogP contribution in [0.15, 0.2) is 18.2 Å². The Morgan fingerprint density at radius 1 is 1.60 bits per heavy atom. The molecular formula is C13H15FN2O4. The van der Waals surface area contributed by atoms with Crippen LogP contribution in [0.3, 0.4) is 0 Å². The van der Waals surface area contributed by atoms with Gasteiger partial charge in [-0.2, -0.15) is 0 Å². The van der Waals surface area contributed by atoms with Gasteiger partial charge in [0.05, 0.1) is 11.0 Å². The standard InChI is InChI=1S/C13H15FN2O4/c1-8(13(17)18)15(10-4-5-10)7-9-2-3-11(16(19)20)6-12(9)14/h2-3,6,8,10H,4-5,7H2,1H3,(H,17,18). The molecule has 1 aromatic carbocycles. The molecule has 20 heavy (non-hydrogen) atoms. The maximum absolute atomic E-state index is 13.8. The van der Waals surface area contributed by atoms with Crippen LogP contribution in [0.4, 0.5) is 10.1 Å². The summed E-state index contributed by atoms with van der Waals surface area (Å²) in [7, 11) is 0. The molecule has 6 nitrogen and oxygen atoms in total. The van der Waals surface area contributed by atoms with Gasteiger partial charge in [-0.1, -0.05) is 0 Å². The Morgan fingerprint density at radius 2 is 2.25 bits per heavy atom. The lowest BCUT2D eigenvalue weighted by molar-refractivity contribution is -0.385. The zero-order chi connectivity index (χ0) is 14.9. The number of hydrogen-bond donors (Lipinski definition) is 1. The van der Waals surface area contributed by atoms with Gasteiger partial charge in [0.15, 0.2) is 0 Å². The number of nitro groups is 1. The van der Waals surface area contributed by atoms with E-state index in [0.29, 0.717) is 0 Å². The lowest BCUT2D eigenvalue weighted by atomic mass is 10.1. The van der Waals surface area contributed by atoms with Crippen LogP contribution in [0.2, 0.25) is 0 Å². The first-order valence-corrected chi connectivity index (χ1v) is 6.31. The molecule has 1 atom stereocenters. The van der Waals surface area contributed by atoms with Crippen molar-refractivity contribution >= 4 is 11.7 Å². The largest absolute Gasteiger partial charge is 0.480 e. The van der Waals surface area contributed by atoms with Crippen LogP contribution in [0, 0.1) is 15.9 Å². The Labute approximate surface area is 115 Å². The topological polar surface area (TPSA) is 83.7 Å². The zero-order valence-electron chi connectivity index (χ0n) is 11.0. The predicted molar refractivity (Wildman–Crippen MR) is 68.7 cm³/mol. The van der Waals surface area contributed by atoms with Crippen LogP contribution in [-0.4, -0.2) is 33.0 Å². The number of nitro benzene ring substituents is 1. The predicted octanol–water partition coefficient (Wildman–Crippen LogP) is 2.17. The number of nitrogens with zero attached hydrogens (tertiary/aromatic N) is 2. The van der Waals surface area contributed by atoms with Crippen molar-refractivity contribution in [2.45, 2.75) is 38.4 Å². The van der Waals surface area contributed by atoms with Crippen LogP contribution in [0.25, 0.3) is 0 Å². The van der Waals surface area contributed by atoms with E-state index in [9.17, 15) is 19.3 Å². The minimum atomic E-state index is -0.959. The molecule has 1 aliphatic rings. The molecule has 1 unspecified atom stereocenters.